The van der Waals surface area contributed by atoms with Gasteiger partial charge < -0.3 is 5.11 Å². The molecular weight excluding hydrogens is 390 g/mol. The summed E-state index contributed by atoms with van der Waals surface area (Å²) in [5.74, 6) is 0.786. The van der Waals surface area contributed by atoms with Gasteiger partial charge in [0, 0.05) is 14.3 Å². The van der Waals surface area contributed by atoms with Crippen molar-refractivity contribution in [1.29, 1.82) is 0 Å². The van der Waals surface area contributed by atoms with Crippen LogP contribution in [0.1, 0.15) is 26.2 Å². The topological polar surface area (TPSA) is 20.2 Å². The molecule has 0 heterocycles. The van der Waals surface area contributed by atoms with E-state index in [1.807, 2.05) is 0 Å². The average Bonchev–Trinajstić information content (AvgIpc) is 2.53. The van der Waals surface area contributed by atoms with Crippen LogP contribution in [0.4, 0.5) is 0 Å². The van der Waals surface area contributed by atoms with Crippen molar-refractivity contribution in [3.63, 3.8) is 0 Å². The van der Waals surface area contributed by atoms with Crippen LogP contribution in [0.5, 0.6) is 0 Å². The zero-order valence-corrected chi connectivity index (χ0v) is 12.2. The van der Waals surface area contributed by atoms with E-state index in [9.17, 15) is 5.11 Å². The van der Waals surface area contributed by atoms with E-state index in [0.717, 1.165) is 16.8 Å². The number of aliphatic hydroxyl groups is 1. The van der Waals surface area contributed by atoms with Crippen LogP contribution in [0.2, 0.25) is 0 Å². The van der Waals surface area contributed by atoms with Crippen LogP contribution in [0, 0.1) is 16.7 Å². The summed E-state index contributed by atoms with van der Waals surface area (Å²) in [5.41, 5.74) is 0.660. The fourth-order valence-corrected chi connectivity index (χ4v) is 6.56. The van der Waals surface area contributed by atoms with Gasteiger partial charge in [-0.1, -0.05) is 52.1 Å². The second-order valence-electron chi connectivity index (χ2n) is 4.83. The molecule has 0 amide bonds. The van der Waals surface area contributed by atoms with Crippen LogP contribution < -0.4 is 0 Å². The molecule has 2 bridgehead atoms. The van der Waals surface area contributed by atoms with Crippen molar-refractivity contribution in [2.75, 3.05) is 8.86 Å². The standard InChI is InChI=1S/C10H16I2O/c1-9(5-11)7-2-3-10(9,6-12)8(13)4-7/h7-8,13H,2-6H2,1H3/t7-,8-,9-,10-/m1/s1. The second kappa shape index (κ2) is 3.47. The maximum Gasteiger partial charge on any atom is 0.0612 e. The Morgan fingerprint density at radius 3 is 2.46 bits per heavy atom. The number of hydrogen-bond acceptors (Lipinski definition) is 1. The molecule has 2 aliphatic rings. The Morgan fingerprint density at radius 1 is 1.38 bits per heavy atom. The first-order chi connectivity index (χ1) is 6.10. The fourth-order valence-electron chi connectivity index (χ4n) is 3.41. The Kier molecular flexibility index (Phi) is 2.92. The van der Waals surface area contributed by atoms with E-state index < -0.39 is 0 Å². The zero-order valence-electron chi connectivity index (χ0n) is 7.89. The van der Waals surface area contributed by atoms with Crippen LogP contribution in [-0.4, -0.2) is 20.1 Å². The minimum absolute atomic E-state index is 0.0251. The normalized spacial score (nSPS) is 54.5. The molecular formula is C10H16I2O. The molecule has 0 unspecified atom stereocenters. The molecule has 2 rings (SSSR count). The summed E-state index contributed by atoms with van der Waals surface area (Å²) >= 11 is 4.98. The SMILES string of the molecule is C[C@@]1(CI)[C@@H]2CC[C@@]1(CI)[C@H](O)C2. The summed E-state index contributed by atoms with van der Waals surface area (Å²) in [6, 6.07) is 0. The summed E-state index contributed by atoms with van der Waals surface area (Å²) < 4.78 is 2.33. The summed E-state index contributed by atoms with van der Waals surface area (Å²) in [7, 11) is 0. The van der Waals surface area contributed by atoms with Gasteiger partial charge in [0.2, 0.25) is 0 Å². The molecule has 4 atom stereocenters. The lowest BCUT2D eigenvalue weighted by Gasteiger charge is -2.40. The number of hydrogen-bond donors (Lipinski definition) is 1. The van der Waals surface area contributed by atoms with E-state index in [1.54, 1.807) is 0 Å². The molecule has 0 aromatic rings. The van der Waals surface area contributed by atoms with Gasteiger partial charge >= 0.3 is 0 Å². The molecule has 2 aliphatic carbocycles. The van der Waals surface area contributed by atoms with Gasteiger partial charge in [0.05, 0.1) is 6.10 Å². The van der Waals surface area contributed by atoms with Gasteiger partial charge in [-0.25, -0.2) is 0 Å². The summed E-state index contributed by atoms with van der Waals surface area (Å²) in [4.78, 5) is 0. The van der Waals surface area contributed by atoms with Crippen LogP contribution in [0.15, 0.2) is 0 Å². The Balaban J connectivity index is 2.39. The molecule has 0 aromatic carbocycles. The molecule has 0 spiro atoms. The van der Waals surface area contributed by atoms with Crippen LogP contribution in [-0.2, 0) is 0 Å². The lowest BCUT2D eigenvalue weighted by molar-refractivity contribution is 0.0219. The molecule has 0 aliphatic heterocycles. The average molecular weight is 406 g/mol. The van der Waals surface area contributed by atoms with Crippen molar-refractivity contribution in [3.8, 4) is 0 Å². The highest BCUT2D eigenvalue weighted by Crippen LogP contribution is 2.66. The van der Waals surface area contributed by atoms with Gasteiger partial charge in [-0.2, -0.15) is 0 Å². The van der Waals surface area contributed by atoms with Gasteiger partial charge in [-0.3, -0.25) is 0 Å². The molecule has 0 radical (unpaired) electrons. The third-order valence-electron chi connectivity index (χ3n) is 4.64. The first-order valence-corrected chi connectivity index (χ1v) is 7.96. The van der Waals surface area contributed by atoms with Crippen molar-refractivity contribution in [2.45, 2.75) is 32.3 Å². The third kappa shape index (κ3) is 1.19. The molecule has 0 aromatic heterocycles. The zero-order chi connectivity index (χ0) is 9.69. The quantitative estimate of drug-likeness (QED) is 0.553. The molecule has 76 valence electrons. The van der Waals surface area contributed by atoms with Gasteiger partial charge in [0.25, 0.3) is 0 Å². The number of rotatable bonds is 2. The smallest absolute Gasteiger partial charge is 0.0612 e. The number of alkyl halides is 2. The fraction of sp³-hybridized carbons (Fsp3) is 1.00. The minimum atomic E-state index is -0.0251. The van der Waals surface area contributed by atoms with Crippen molar-refractivity contribution < 1.29 is 5.11 Å². The van der Waals surface area contributed by atoms with Crippen LogP contribution in [0.3, 0.4) is 0 Å². The summed E-state index contributed by atoms with van der Waals surface area (Å²) in [5, 5.41) is 10.1. The first-order valence-electron chi connectivity index (χ1n) is 4.91. The second-order valence-corrected chi connectivity index (χ2v) is 6.35. The predicted molar refractivity (Wildman–Crippen MR) is 71.7 cm³/mol. The van der Waals surface area contributed by atoms with E-state index in [-0.39, 0.29) is 11.5 Å². The highest BCUT2D eigenvalue weighted by atomic mass is 127. The Morgan fingerprint density at radius 2 is 2.08 bits per heavy atom. The molecule has 0 saturated heterocycles. The van der Waals surface area contributed by atoms with Crippen molar-refractivity contribution >= 4 is 45.2 Å². The van der Waals surface area contributed by atoms with Crippen LogP contribution >= 0.6 is 45.2 Å². The Hall–Kier alpha value is 1.42. The minimum Gasteiger partial charge on any atom is -0.392 e. The molecule has 2 fully saturated rings. The lowest BCUT2D eigenvalue weighted by atomic mass is 9.70. The van der Waals surface area contributed by atoms with E-state index in [1.165, 1.54) is 17.3 Å². The van der Waals surface area contributed by atoms with Crippen LogP contribution in [0.25, 0.3) is 0 Å². The van der Waals surface area contributed by atoms with Crippen molar-refractivity contribution in [1.82, 2.24) is 0 Å². The molecule has 1 nitrogen and oxygen atoms in total. The summed E-state index contributed by atoms with van der Waals surface area (Å²) in [6.07, 6.45) is 3.63. The van der Waals surface area contributed by atoms with E-state index in [4.69, 9.17) is 0 Å². The summed E-state index contributed by atoms with van der Waals surface area (Å²) in [6.45, 7) is 2.39. The molecule has 3 heteroatoms. The van der Waals surface area contributed by atoms with Gasteiger partial charge in [-0.05, 0) is 30.6 Å². The van der Waals surface area contributed by atoms with Crippen molar-refractivity contribution in [2.24, 2.45) is 16.7 Å². The van der Waals surface area contributed by atoms with E-state index >= 15 is 0 Å². The highest BCUT2D eigenvalue weighted by molar-refractivity contribution is 14.1. The van der Waals surface area contributed by atoms with Gasteiger partial charge in [0.15, 0.2) is 0 Å². The van der Waals surface area contributed by atoms with Crippen molar-refractivity contribution in [3.05, 3.63) is 0 Å². The Bertz CT molecular complexity index is 221. The molecule has 1 N–H and O–H groups in total. The van der Waals surface area contributed by atoms with Gasteiger partial charge in [-0.15, -0.1) is 0 Å². The highest BCUT2D eigenvalue weighted by Gasteiger charge is 2.64. The number of fused-ring (bicyclic) bond motifs is 2. The predicted octanol–water partition coefficient (Wildman–Crippen LogP) is 3.02. The maximum absolute atomic E-state index is 10.1. The molecule has 2 saturated carbocycles. The number of aliphatic hydroxyl groups excluding tert-OH is 1. The maximum atomic E-state index is 10.1. The largest absolute Gasteiger partial charge is 0.392 e. The first kappa shape index (κ1) is 10.9. The van der Waals surface area contributed by atoms with E-state index in [2.05, 4.69) is 52.1 Å². The number of halogens is 2. The van der Waals surface area contributed by atoms with E-state index in [0.29, 0.717) is 5.41 Å². The monoisotopic (exact) mass is 406 g/mol. The third-order valence-corrected chi connectivity index (χ3v) is 7.58. The Labute approximate surface area is 107 Å². The van der Waals surface area contributed by atoms with Gasteiger partial charge in [0.1, 0.15) is 0 Å². The molecule has 13 heavy (non-hydrogen) atoms. The lowest BCUT2D eigenvalue weighted by Crippen LogP contribution is -2.42.